The molecular formula is C10H21N3O2. The Hall–Kier alpha value is -1.23. The van der Waals surface area contributed by atoms with E-state index in [2.05, 4.69) is 10.6 Å². The minimum atomic E-state index is -0.489. The van der Waals surface area contributed by atoms with Crippen molar-refractivity contribution < 1.29 is 9.53 Å². The summed E-state index contributed by atoms with van der Waals surface area (Å²) in [4.78, 5) is 11.3. The van der Waals surface area contributed by atoms with Gasteiger partial charge >= 0.3 is 6.09 Å². The molecule has 4 N–H and O–H groups in total. The van der Waals surface area contributed by atoms with E-state index < -0.39 is 11.7 Å². The highest BCUT2D eigenvalue weighted by Gasteiger charge is 2.16. The highest BCUT2D eigenvalue weighted by Crippen LogP contribution is 2.06. The lowest BCUT2D eigenvalue weighted by Crippen LogP contribution is -2.37. The van der Waals surface area contributed by atoms with Gasteiger partial charge in [-0.15, -0.1) is 0 Å². The lowest BCUT2D eigenvalue weighted by Gasteiger charge is -2.20. The predicted octanol–water partition coefficient (Wildman–Crippen LogP) is 0.921. The van der Waals surface area contributed by atoms with E-state index in [0.717, 1.165) is 0 Å². The van der Waals surface area contributed by atoms with E-state index in [1.807, 2.05) is 27.7 Å². The molecular weight excluding hydrogens is 194 g/mol. The summed E-state index contributed by atoms with van der Waals surface area (Å²) in [7, 11) is 0. The first-order valence-corrected chi connectivity index (χ1v) is 4.99. The fourth-order valence-corrected chi connectivity index (χ4v) is 0.839. The molecule has 0 radical (unpaired) electrons. The Kier molecular flexibility index (Phi) is 5.77. The average molecular weight is 215 g/mol. The van der Waals surface area contributed by atoms with E-state index in [-0.39, 0.29) is 0 Å². The van der Waals surface area contributed by atoms with Crippen LogP contribution < -0.4 is 16.4 Å². The van der Waals surface area contributed by atoms with E-state index in [9.17, 15) is 4.79 Å². The molecule has 0 rings (SSSR count). The second-order valence-electron chi connectivity index (χ2n) is 4.04. The third-order valence-corrected chi connectivity index (χ3v) is 1.38. The first kappa shape index (κ1) is 13.8. The molecule has 0 spiro atoms. The minimum absolute atomic E-state index is 0.472. The Labute approximate surface area is 91.0 Å². The number of ether oxygens (including phenoxy) is 1. The van der Waals surface area contributed by atoms with Crippen molar-refractivity contribution in [3.63, 3.8) is 0 Å². The standard InChI is InChI=1S/C10H21N3O2/c1-5-8(12-7-6-11)13-9(14)15-10(2,3)4/h5,12H,6-7,11H2,1-4H3,(H,13,14). The highest BCUT2D eigenvalue weighted by atomic mass is 16.6. The van der Waals surface area contributed by atoms with Gasteiger partial charge in [0.15, 0.2) is 0 Å². The molecule has 5 nitrogen and oxygen atoms in total. The van der Waals surface area contributed by atoms with Gasteiger partial charge in [0, 0.05) is 13.1 Å². The van der Waals surface area contributed by atoms with Crippen LogP contribution in [0, 0.1) is 0 Å². The fraction of sp³-hybridized carbons (Fsp3) is 0.700. The zero-order chi connectivity index (χ0) is 11.9. The van der Waals surface area contributed by atoms with Gasteiger partial charge in [-0.05, 0) is 33.8 Å². The van der Waals surface area contributed by atoms with Crippen LogP contribution in [-0.4, -0.2) is 24.8 Å². The Bertz CT molecular complexity index is 231. The van der Waals surface area contributed by atoms with Crippen LogP contribution in [0.1, 0.15) is 27.7 Å². The van der Waals surface area contributed by atoms with Crippen LogP contribution >= 0.6 is 0 Å². The van der Waals surface area contributed by atoms with Crippen LogP contribution in [0.25, 0.3) is 0 Å². The topological polar surface area (TPSA) is 76.4 Å². The van der Waals surface area contributed by atoms with Crippen molar-refractivity contribution in [2.24, 2.45) is 5.73 Å². The van der Waals surface area contributed by atoms with E-state index in [0.29, 0.717) is 18.9 Å². The molecule has 15 heavy (non-hydrogen) atoms. The average Bonchev–Trinajstić information content (AvgIpc) is 2.09. The molecule has 0 aromatic heterocycles. The third kappa shape index (κ3) is 7.81. The van der Waals surface area contributed by atoms with Crippen LogP contribution in [0.3, 0.4) is 0 Å². The molecule has 0 atom stereocenters. The first-order valence-electron chi connectivity index (χ1n) is 4.99. The summed E-state index contributed by atoms with van der Waals surface area (Å²) in [5.41, 5.74) is 4.84. The Morgan fingerprint density at radius 1 is 1.47 bits per heavy atom. The number of amides is 1. The lowest BCUT2D eigenvalue weighted by molar-refractivity contribution is 0.0542. The summed E-state index contributed by atoms with van der Waals surface area (Å²) >= 11 is 0. The molecule has 0 aliphatic rings. The van der Waals surface area contributed by atoms with Crippen LogP contribution in [0.15, 0.2) is 11.9 Å². The van der Waals surface area contributed by atoms with Gasteiger partial charge in [0.05, 0.1) is 0 Å². The van der Waals surface area contributed by atoms with Crippen molar-refractivity contribution >= 4 is 6.09 Å². The van der Waals surface area contributed by atoms with Crippen molar-refractivity contribution in [2.75, 3.05) is 13.1 Å². The summed E-state index contributed by atoms with van der Waals surface area (Å²) in [6.07, 6.45) is 1.28. The Morgan fingerprint density at radius 2 is 2.07 bits per heavy atom. The largest absolute Gasteiger partial charge is 0.444 e. The van der Waals surface area contributed by atoms with Gasteiger partial charge in [-0.2, -0.15) is 0 Å². The number of carbonyl (C=O) groups is 1. The summed E-state index contributed by atoms with van der Waals surface area (Å²) in [6, 6.07) is 0. The van der Waals surface area contributed by atoms with Gasteiger partial charge in [0.2, 0.25) is 0 Å². The summed E-state index contributed by atoms with van der Waals surface area (Å²) < 4.78 is 5.09. The Morgan fingerprint density at radius 3 is 2.47 bits per heavy atom. The van der Waals surface area contributed by atoms with Gasteiger partial charge < -0.3 is 15.8 Å². The highest BCUT2D eigenvalue weighted by molar-refractivity contribution is 5.69. The zero-order valence-electron chi connectivity index (χ0n) is 9.89. The molecule has 0 aliphatic heterocycles. The second-order valence-corrected chi connectivity index (χ2v) is 4.04. The first-order chi connectivity index (χ1) is 6.89. The zero-order valence-corrected chi connectivity index (χ0v) is 9.89. The van der Waals surface area contributed by atoms with Gasteiger partial charge in [-0.1, -0.05) is 0 Å². The van der Waals surface area contributed by atoms with Gasteiger partial charge in [0.25, 0.3) is 0 Å². The molecule has 88 valence electrons. The number of hydrogen-bond acceptors (Lipinski definition) is 4. The number of nitrogens with two attached hydrogens (primary N) is 1. The Balaban J connectivity index is 4.03. The normalized spacial score (nSPS) is 12.2. The SMILES string of the molecule is CC=C(NCCN)NC(=O)OC(C)(C)C. The summed E-state index contributed by atoms with van der Waals surface area (Å²) in [6.45, 7) is 8.37. The lowest BCUT2D eigenvalue weighted by atomic mass is 10.2. The van der Waals surface area contributed by atoms with Crippen molar-refractivity contribution in [1.29, 1.82) is 0 Å². The van der Waals surface area contributed by atoms with E-state index in [4.69, 9.17) is 10.5 Å². The molecule has 0 saturated heterocycles. The van der Waals surface area contributed by atoms with Crippen LogP contribution in [0.2, 0.25) is 0 Å². The van der Waals surface area contributed by atoms with Gasteiger partial charge in [-0.25, -0.2) is 4.79 Å². The van der Waals surface area contributed by atoms with Crippen LogP contribution in [-0.2, 0) is 4.74 Å². The predicted molar refractivity (Wildman–Crippen MR) is 60.2 cm³/mol. The molecule has 0 aliphatic carbocycles. The number of alkyl carbamates (subject to hydrolysis) is 1. The monoisotopic (exact) mass is 215 g/mol. The van der Waals surface area contributed by atoms with Gasteiger partial charge in [0.1, 0.15) is 11.4 Å². The maximum atomic E-state index is 11.3. The molecule has 0 heterocycles. The number of hydrogen-bond donors (Lipinski definition) is 3. The second kappa shape index (κ2) is 6.29. The van der Waals surface area contributed by atoms with Gasteiger partial charge in [-0.3, -0.25) is 5.32 Å². The van der Waals surface area contributed by atoms with Crippen LogP contribution in [0.5, 0.6) is 0 Å². The van der Waals surface area contributed by atoms with Crippen LogP contribution in [0.4, 0.5) is 4.79 Å². The number of allylic oxidation sites excluding steroid dienone is 1. The van der Waals surface area contributed by atoms with Crippen molar-refractivity contribution in [1.82, 2.24) is 10.6 Å². The molecule has 0 aromatic rings. The quantitative estimate of drug-likeness (QED) is 0.652. The summed E-state index contributed by atoms with van der Waals surface area (Å²) in [5.74, 6) is 0.606. The van der Waals surface area contributed by atoms with E-state index >= 15 is 0 Å². The van der Waals surface area contributed by atoms with Crippen molar-refractivity contribution in [3.8, 4) is 0 Å². The van der Waals surface area contributed by atoms with Crippen molar-refractivity contribution in [3.05, 3.63) is 11.9 Å². The summed E-state index contributed by atoms with van der Waals surface area (Å²) in [5, 5.41) is 5.55. The molecule has 0 saturated carbocycles. The van der Waals surface area contributed by atoms with E-state index in [1.165, 1.54) is 0 Å². The smallest absolute Gasteiger partial charge is 0.413 e. The molecule has 0 unspecified atom stereocenters. The van der Waals surface area contributed by atoms with E-state index in [1.54, 1.807) is 6.08 Å². The molecule has 0 aromatic carbocycles. The number of carbonyl (C=O) groups excluding carboxylic acids is 1. The number of rotatable bonds is 4. The third-order valence-electron chi connectivity index (χ3n) is 1.38. The molecule has 0 fully saturated rings. The molecule has 5 heteroatoms. The molecule has 0 bridgehead atoms. The number of nitrogens with one attached hydrogen (secondary N) is 2. The molecule has 1 amide bonds. The minimum Gasteiger partial charge on any atom is -0.444 e. The maximum absolute atomic E-state index is 11.3. The van der Waals surface area contributed by atoms with Crippen molar-refractivity contribution in [2.45, 2.75) is 33.3 Å². The maximum Gasteiger partial charge on any atom is 0.413 e. The fourth-order valence-electron chi connectivity index (χ4n) is 0.839.